The molecule has 1 unspecified atom stereocenters. The van der Waals surface area contributed by atoms with Crippen molar-refractivity contribution in [2.24, 2.45) is 5.92 Å². The average molecular weight is 179 g/mol. The number of ketones is 1. The van der Waals surface area contributed by atoms with Crippen LogP contribution in [0.4, 0.5) is 0 Å². The van der Waals surface area contributed by atoms with Gasteiger partial charge in [-0.3, -0.25) is 4.79 Å². The molecule has 0 bridgehead atoms. The van der Waals surface area contributed by atoms with Crippen LogP contribution in [0.25, 0.3) is 0 Å². The number of carbonyl (C=O) groups excluding carboxylic acids is 1. The standard InChI is InChI=1S/C7H11ClOS/c8-4-7(9)6-2-1-3-10-5-6/h6H,1-5H2. The summed E-state index contributed by atoms with van der Waals surface area (Å²) in [4.78, 5) is 11.0. The van der Waals surface area contributed by atoms with E-state index in [9.17, 15) is 4.79 Å². The van der Waals surface area contributed by atoms with E-state index in [0.717, 1.165) is 12.2 Å². The minimum Gasteiger partial charge on any atom is -0.298 e. The summed E-state index contributed by atoms with van der Waals surface area (Å²) in [6, 6.07) is 0. The van der Waals surface area contributed by atoms with E-state index in [2.05, 4.69) is 0 Å². The minimum absolute atomic E-state index is 0.200. The molecule has 0 aromatic heterocycles. The summed E-state index contributed by atoms with van der Waals surface area (Å²) in [5.41, 5.74) is 0. The molecule has 1 rings (SSSR count). The number of Topliss-reactive ketones (excluding diaryl/α,β-unsaturated/α-hetero) is 1. The van der Waals surface area contributed by atoms with E-state index in [1.165, 1.54) is 12.2 Å². The molecule has 0 radical (unpaired) electrons. The Hall–Kier alpha value is 0.310. The third kappa shape index (κ3) is 2.17. The fourth-order valence-electron chi connectivity index (χ4n) is 1.10. The molecule has 1 atom stereocenters. The molecule has 0 aromatic carbocycles. The molecule has 1 nitrogen and oxygen atoms in total. The summed E-state index contributed by atoms with van der Waals surface area (Å²) in [5.74, 6) is 2.90. The summed E-state index contributed by atoms with van der Waals surface area (Å²) >= 11 is 7.29. The first-order chi connectivity index (χ1) is 4.84. The van der Waals surface area contributed by atoms with Crippen LogP contribution in [0.5, 0.6) is 0 Å². The van der Waals surface area contributed by atoms with Crippen LogP contribution in [0.15, 0.2) is 0 Å². The second-order valence-electron chi connectivity index (χ2n) is 2.51. The SMILES string of the molecule is O=C(CCl)C1CCCSC1. The van der Waals surface area contributed by atoms with E-state index in [-0.39, 0.29) is 17.6 Å². The first kappa shape index (κ1) is 8.41. The highest BCUT2D eigenvalue weighted by atomic mass is 35.5. The van der Waals surface area contributed by atoms with Crippen LogP contribution >= 0.6 is 23.4 Å². The Morgan fingerprint density at radius 1 is 1.70 bits per heavy atom. The molecule has 1 fully saturated rings. The van der Waals surface area contributed by atoms with Gasteiger partial charge in [-0.25, -0.2) is 0 Å². The number of thioether (sulfide) groups is 1. The highest BCUT2D eigenvalue weighted by Crippen LogP contribution is 2.23. The first-order valence-electron chi connectivity index (χ1n) is 3.51. The molecular weight excluding hydrogens is 168 g/mol. The van der Waals surface area contributed by atoms with Crippen molar-refractivity contribution in [1.29, 1.82) is 0 Å². The molecule has 0 aliphatic carbocycles. The van der Waals surface area contributed by atoms with Gasteiger partial charge in [0.05, 0.1) is 5.88 Å². The average Bonchev–Trinajstić information content (AvgIpc) is 2.05. The van der Waals surface area contributed by atoms with Crippen molar-refractivity contribution in [2.75, 3.05) is 17.4 Å². The Morgan fingerprint density at radius 3 is 3.00 bits per heavy atom. The Bertz CT molecular complexity index is 121. The van der Waals surface area contributed by atoms with E-state index in [1.54, 1.807) is 0 Å². The lowest BCUT2D eigenvalue weighted by atomic mass is 10.0. The summed E-state index contributed by atoms with van der Waals surface area (Å²) in [5, 5.41) is 0. The van der Waals surface area contributed by atoms with Crippen molar-refractivity contribution < 1.29 is 4.79 Å². The Kier molecular flexibility index (Phi) is 3.57. The normalized spacial score (nSPS) is 26.3. The zero-order valence-electron chi connectivity index (χ0n) is 5.81. The molecule has 0 saturated carbocycles. The molecule has 1 saturated heterocycles. The predicted molar refractivity (Wildman–Crippen MR) is 45.8 cm³/mol. The molecule has 1 heterocycles. The maximum Gasteiger partial charge on any atom is 0.151 e. The van der Waals surface area contributed by atoms with Gasteiger partial charge in [0.1, 0.15) is 0 Å². The highest BCUT2D eigenvalue weighted by Gasteiger charge is 2.19. The lowest BCUT2D eigenvalue weighted by Gasteiger charge is -2.18. The largest absolute Gasteiger partial charge is 0.298 e. The van der Waals surface area contributed by atoms with Crippen LogP contribution in [0.3, 0.4) is 0 Å². The number of alkyl halides is 1. The molecule has 1 aliphatic rings. The first-order valence-corrected chi connectivity index (χ1v) is 5.20. The maximum absolute atomic E-state index is 11.0. The van der Waals surface area contributed by atoms with Gasteiger partial charge in [0.2, 0.25) is 0 Å². The minimum atomic E-state index is 0.200. The van der Waals surface area contributed by atoms with E-state index < -0.39 is 0 Å². The van der Waals surface area contributed by atoms with E-state index in [4.69, 9.17) is 11.6 Å². The smallest absolute Gasteiger partial charge is 0.151 e. The topological polar surface area (TPSA) is 17.1 Å². The number of hydrogen-bond donors (Lipinski definition) is 0. The molecule has 3 heteroatoms. The summed E-state index contributed by atoms with van der Waals surface area (Å²) < 4.78 is 0. The molecule has 0 spiro atoms. The fourth-order valence-corrected chi connectivity index (χ4v) is 2.50. The lowest BCUT2D eigenvalue weighted by molar-refractivity contribution is -0.120. The maximum atomic E-state index is 11.0. The van der Waals surface area contributed by atoms with Crippen molar-refractivity contribution in [3.63, 3.8) is 0 Å². The molecule has 10 heavy (non-hydrogen) atoms. The Labute approximate surface area is 70.5 Å². The molecule has 1 aliphatic heterocycles. The number of carbonyl (C=O) groups is 1. The van der Waals surface area contributed by atoms with Crippen LogP contribution in [0.2, 0.25) is 0 Å². The van der Waals surface area contributed by atoms with Crippen molar-refractivity contribution in [3.8, 4) is 0 Å². The Morgan fingerprint density at radius 2 is 2.50 bits per heavy atom. The summed E-state index contributed by atoms with van der Waals surface area (Å²) in [6.07, 6.45) is 2.23. The number of rotatable bonds is 2. The van der Waals surface area contributed by atoms with Crippen LogP contribution in [0.1, 0.15) is 12.8 Å². The van der Waals surface area contributed by atoms with Crippen molar-refractivity contribution >= 4 is 29.1 Å². The summed E-state index contributed by atoms with van der Waals surface area (Å²) in [7, 11) is 0. The highest BCUT2D eigenvalue weighted by molar-refractivity contribution is 7.99. The second kappa shape index (κ2) is 4.24. The van der Waals surface area contributed by atoms with Crippen molar-refractivity contribution in [3.05, 3.63) is 0 Å². The van der Waals surface area contributed by atoms with Gasteiger partial charge in [0, 0.05) is 11.7 Å². The summed E-state index contributed by atoms with van der Waals surface area (Å²) in [6.45, 7) is 0. The van der Waals surface area contributed by atoms with E-state index >= 15 is 0 Å². The van der Waals surface area contributed by atoms with Gasteiger partial charge < -0.3 is 0 Å². The van der Waals surface area contributed by atoms with Crippen LogP contribution in [-0.2, 0) is 4.79 Å². The molecule has 0 amide bonds. The Balaban J connectivity index is 2.31. The van der Waals surface area contributed by atoms with Crippen LogP contribution < -0.4 is 0 Å². The third-order valence-electron chi connectivity index (χ3n) is 1.75. The third-order valence-corrected chi connectivity index (χ3v) is 3.23. The van der Waals surface area contributed by atoms with Crippen molar-refractivity contribution in [2.45, 2.75) is 12.8 Å². The van der Waals surface area contributed by atoms with Gasteiger partial charge in [0.25, 0.3) is 0 Å². The van der Waals surface area contributed by atoms with Crippen molar-refractivity contribution in [1.82, 2.24) is 0 Å². The zero-order chi connectivity index (χ0) is 7.40. The van der Waals surface area contributed by atoms with Gasteiger partial charge >= 0.3 is 0 Å². The monoisotopic (exact) mass is 178 g/mol. The second-order valence-corrected chi connectivity index (χ2v) is 3.93. The van der Waals surface area contributed by atoms with Gasteiger partial charge in [-0.05, 0) is 18.6 Å². The molecule has 0 aromatic rings. The predicted octanol–water partition coefficient (Wildman–Crippen LogP) is 1.94. The number of halogens is 1. The van der Waals surface area contributed by atoms with Crippen LogP contribution in [-0.4, -0.2) is 23.2 Å². The number of hydrogen-bond acceptors (Lipinski definition) is 2. The van der Waals surface area contributed by atoms with Crippen LogP contribution in [0, 0.1) is 5.92 Å². The van der Waals surface area contributed by atoms with E-state index in [0.29, 0.717) is 0 Å². The quantitative estimate of drug-likeness (QED) is 0.602. The van der Waals surface area contributed by atoms with Gasteiger partial charge in [0.15, 0.2) is 5.78 Å². The lowest BCUT2D eigenvalue weighted by Crippen LogP contribution is -2.21. The molecular formula is C7H11ClOS. The fraction of sp³-hybridized carbons (Fsp3) is 0.857. The van der Waals surface area contributed by atoms with Gasteiger partial charge in [-0.2, -0.15) is 11.8 Å². The van der Waals surface area contributed by atoms with E-state index in [1.807, 2.05) is 11.8 Å². The molecule has 58 valence electrons. The van der Waals surface area contributed by atoms with Gasteiger partial charge in [-0.15, -0.1) is 11.6 Å². The molecule has 0 N–H and O–H groups in total. The van der Waals surface area contributed by atoms with Gasteiger partial charge in [-0.1, -0.05) is 0 Å². The zero-order valence-corrected chi connectivity index (χ0v) is 7.38.